The van der Waals surface area contributed by atoms with Gasteiger partial charge in [-0.05, 0) is 38.0 Å². The van der Waals surface area contributed by atoms with Crippen LogP contribution in [0, 0.1) is 17.8 Å². The SMILES string of the molecule is CCOC(=O)N1CC2CCCC2C1C1COCCC1O. The van der Waals surface area contributed by atoms with Crippen molar-refractivity contribution in [1.29, 1.82) is 0 Å². The molecular formula is C15H25NO4. The number of ether oxygens (including phenoxy) is 2. The summed E-state index contributed by atoms with van der Waals surface area (Å²) >= 11 is 0. The van der Waals surface area contributed by atoms with E-state index < -0.39 is 0 Å². The van der Waals surface area contributed by atoms with Gasteiger partial charge in [0.05, 0.1) is 19.3 Å². The van der Waals surface area contributed by atoms with Crippen LogP contribution in [0.15, 0.2) is 0 Å². The fraction of sp³-hybridized carbons (Fsp3) is 0.933. The zero-order valence-corrected chi connectivity index (χ0v) is 12.2. The summed E-state index contributed by atoms with van der Waals surface area (Å²) in [4.78, 5) is 14.1. The lowest BCUT2D eigenvalue weighted by atomic mass is 9.81. The Kier molecular flexibility index (Phi) is 4.17. The van der Waals surface area contributed by atoms with Crippen molar-refractivity contribution >= 4 is 6.09 Å². The van der Waals surface area contributed by atoms with Crippen LogP contribution in [0.25, 0.3) is 0 Å². The Morgan fingerprint density at radius 1 is 1.35 bits per heavy atom. The van der Waals surface area contributed by atoms with Crippen LogP contribution < -0.4 is 0 Å². The Labute approximate surface area is 120 Å². The van der Waals surface area contributed by atoms with Gasteiger partial charge in [-0.2, -0.15) is 0 Å². The average Bonchev–Trinajstić information content (AvgIpc) is 3.00. The molecule has 20 heavy (non-hydrogen) atoms. The van der Waals surface area contributed by atoms with Crippen LogP contribution >= 0.6 is 0 Å². The molecular weight excluding hydrogens is 258 g/mol. The molecule has 0 bridgehead atoms. The summed E-state index contributed by atoms with van der Waals surface area (Å²) in [6, 6.07) is 0.0943. The van der Waals surface area contributed by atoms with Crippen molar-refractivity contribution in [2.75, 3.05) is 26.4 Å². The van der Waals surface area contributed by atoms with Crippen molar-refractivity contribution in [2.45, 2.75) is 44.8 Å². The van der Waals surface area contributed by atoms with Crippen molar-refractivity contribution in [3.05, 3.63) is 0 Å². The van der Waals surface area contributed by atoms with Crippen molar-refractivity contribution in [2.24, 2.45) is 17.8 Å². The molecule has 3 fully saturated rings. The molecule has 1 saturated carbocycles. The van der Waals surface area contributed by atoms with Gasteiger partial charge in [0.25, 0.3) is 0 Å². The second kappa shape index (κ2) is 5.90. The topological polar surface area (TPSA) is 59.0 Å². The van der Waals surface area contributed by atoms with Gasteiger partial charge in [-0.25, -0.2) is 4.79 Å². The number of hydrogen-bond donors (Lipinski definition) is 1. The molecule has 0 radical (unpaired) electrons. The van der Waals surface area contributed by atoms with E-state index in [4.69, 9.17) is 9.47 Å². The normalized spacial score (nSPS) is 40.7. The fourth-order valence-corrected chi connectivity index (χ4v) is 4.37. The molecule has 1 amide bonds. The van der Waals surface area contributed by atoms with Gasteiger partial charge in [-0.3, -0.25) is 0 Å². The van der Waals surface area contributed by atoms with Crippen LogP contribution in [-0.2, 0) is 9.47 Å². The quantitative estimate of drug-likeness (QED) is 0.837. The smallest absolute Gasteiger partial charge is 0.410 e. The van der Waals surface area contributed by atoms with Gasteiger partial charge in [0.1, 0.15) is 0 Å². The van der Waals surface area contributed by atoms with E-state index in [2.05, 4.69) is 0 Å². The van der Waals surface area contributed by atoms with Crippen LogP contribution in [0.3, 0.4) is 0 Å². The van der Waals surface area contributed by atoms with Crippen LogP contribution in [-0.4, -0.2) is 54.6 Å². The highest BCUT2D eigenvalue weighted by Gasteiger charge is 2.51. The van der Waals surface area contributed by atoms with Gasteiger partial charge in [0, 0.05) is 25.1 Å². The minimum atomic E-state index is -0.356. The Balaban J connectivity index is 1.80. The van der Waals surface area contributed by atoms with E-state index in [9.17, 15) is 9.90 Å². The van der Waals surface area contributed by atoms with Crippen molar-refractivity contribution < 1.29 is 19.4 Å². The lowest BCUT2D eigenvalue weighted by molar-refractivity contribution is -0.0676. The standard InChI is InChI=1S/C15H25NO4/c1-2-20-15(18)16-8-10-4-3-5-11(10)14(16)12-9-19-7-6-13(12)17/h10-14,17H,2-9H2,1H3. The van der Waals surface area contributed by atoms with Crippen LogP contribution in [0.1, 0.15) is 32.6 Å². The van der Waals surface area contributed by atoms with E-state index in [0.717, 1.165) is 13.0 Å². The Hall–Kier alpha value is -0.810. The summed E-state index contributed by atoms with van der Waals surface area (Å²) in [5.74, 6) is 1.14. The molecule has 2 aliphatic heterocycles. The molecule has 0 aromatic rings. The first kappa shape index (κ1) is 14.1. The summed E-state index contributed by atoms with van der Waals surface area (Å²) in [5.41, 5.74) is 0. The third-order valence-electron chi connectivity index (χ3n) is 5.25. The summed E-state index contributed by atoms with van der Waals surface area (Å²) < 4.78 is 10.8. The highest BCUT2D eigenvalue weighted by atomic mass is 16.6. The molecule has 3 aliphatic rings. The predicted octanol–water partition coefficient (Wildman–Crippen LogP) is 1.64. The highest BCUT2D eigenvalue weighted by molar-refractivity contribution is 5.68. The predicted molar refractivity (Wildman–Crippen MR) is 73.3 cm³/mol. The Morgan fingerprint density at radius 3 is 2.95 bits per heavy atom. The molecule has 5 nitrogen and oxygen atoms in total. The third kappa shape index (κ3) is 2.42. The van der Waals surface area contributed by atoms with E-state index in [0.29, 0.717) is 38.1 Å². The fourth-order valence-electron chi connectivity index (χ4n) is 4.37. The molecule has 3 rings (SSSR count). The largest absolute Gasteiger partial charge is 0.450 e. The molecule has 5 unspecified atom stereocenters. The van der Waals surface area contributed by atoms with Gasteiger partial charge < -0.3 is 19.5 Å². The molecule has 5 heteroatoms. The number of aliphatic hydroxyl groups is 1. The van der Waals surface area contributed by atoms with Gasteiger partial charge in [0.15, 0.2) is 0 Å². The maximum absolute atomic E-state index is 12.2. The molecule has 0 spiro atoms. The molecule has 114 valence electrons. The summed E-state index contributed by atoms with van der Waals surface area (Å²) in [6.07, 6.45) is 3.70. The third-order valence-corrected chi connectivity index (χ3v) is 5.25. The van der Waals surface area contributed by atoms with E-state index in [1.165, 1.54) is 12.8 Å². The average molecular weight is 283 g/mol. The van der Waals surface area contributed by atoms with Crippen LogP contribution in [0.2, 0.25) is 0 Å². The maximum atomic E-state index is 12.2. The van der Waals surface area contributed by atoms with Crippen LogP contribution in [0.5, 0.6) is 0 Å². The van der Waals surface area contributed by atoms with E-state index in [1.54, 1.807) is 0 Å². The summed E-state index contributed by atoms with van der Waals surface area (Å²) in [6.45, 7) is 4.21. The van der Waals surface area contributed by atoms with Gasteiger partial charge >= 0.3 is 6.09 Å². The number of nitrogens with zero attached hydrogens (tertiary/aromatic N) is 1. The zero-order chi connectivity index (χ0) is 14.1. The summed E-state index contributed by atoms with van der Waals surface area (Å²) in [7, 11) is 0. The van der Waals surface area contributed by atoms with Gasteiger partial charge in [-0.15, -0.1) is 0 Å². The molecule has 0 aromatic heterocycles. The molecule has 1 aliphatic carbocycles. The lowest BCUT2D eigenvalue weighted by Gasteiger charge is -2.38. The highest BCUT2D eigenvalue weighted by Crippen LogP contribution is 2.46. The number of rotatable bonds is 2. The minimum absolute atomic E-state index is 0.0428. The van der Waals surface area contributed by atoms with E-state index in [-0.39, 0.29) is 24.2 Å². The minimum Gasteiger partial charge on any atom is -0.450 e. The molecule has 5 atom stereocenters. The van der Waals surface area contributed by atoms with Gasteiger partial charge in [-0.1, -0.05) is 6.42 Å². The van der Waals surface area contributed by atoms with Crippen molar-refractivity contribution in [3.63, 3.8) is 0 Å². The Morgan fingerprint density at radius 2 is 2.20 bits per heavy atom. The van der Waals surface area contributed by atoms with Gasteiger partial charge in [0.2, 0.25) is 0 Å². The Bertz CT molecular complexity index is 362. The van der Waals surface area contributed by atoms with Crippen LogP contribution in [0.4, 0.5) is 4.79 Å². The number of carbonyl (C=O) groups is 1. The summed E-state index contributed by atoms with van der Waals surface area (Å²) in [5, 5.41) is 10.3. The lowest BCUT2D eigenvalue weighted by Crippen LogP contribution is -2.50. The second-order valence-electron chi connectivity index (χ2n) is 6.29. The van der Waals surface area contributed by atoms with Crippen molar-refractivity contribution in [1.82, 2.24) is 4.90 Å². The number of amides is 1. The molecule has 2 saturated heterocycles. The molecule has 0 aromatic carbocycles. The number of likely N-dealkylation sites (tertiary alicyclic amines) is 1. The zero-order valence-electron chi connectivity index (χ0n) is 12.2. The monoisotopic (exact) mass is 283 g/mol. The van der Waals surface area contributed by atoms with Crippen molar-refractivity contribution in [3.8, 4) is 0 Å². The number of hydrogen-bond acceptors (Lipinski definition) is 4. The van der Waals surface area contributed by atoms with E-state index >= 15 is 0 Å². The number of carbonyl (C=O) groups excluding carboxylic acids is 1. The van der Waals surface area contributed by atoms with E-state index in [1.807, 2.05) is 11.8 Å². The molecule has 1 N–H and O–H groups in total. The first-order valence-electron chi connectivity index (χ1n) is 7.91. The number of fused-ring (bicyclic) bond motifs is 1. The number of aliphatic hydroxyl groups excluding tert-OH is 1. The molecule has 2 heterocycles. The second-order valence-corrected chi connectivity index (χ2v) is 6.29. The first-order chi connectivity index (χ1) is 9.72. The maximum Gasteiger partial charge on any atom is 0.410 e. The first-order valence-corrected chi connectivity index (χ1v) is 7.91.